The fraction of sp³-hybridized carbons (Fsp3) is 0.440. The molecule has 10 nitrogen and oxygen atoms in total. The smallest absolute Gasteiger partial charge is 0.260 e. The lowest BCUT2D eigenvalue weighted by Crippen LogP contribution is -2.37. The van der Waals surface area contributed by atoms with E-state index in [1.165, 1.54) is 21.1 Å². The molecule has 1 saturated heterocycles. The number of methoxy groups -OCH3 is 2. The van der Waals surface area contributed by atoms with Gasteiger partial charge in [0.1, 0.15) is 17.1 Å². The van der Waals surface area contributed by atoms with Crippen LogP contribution in [0.5, 0.6) is 11.5 Å². The summed E-state index contributed by atoms with van der Waals surface area (Å²) in [5.74, 6) is 1.06. The SMILES string of the molecule is CCNc1ncc2cc(-c3c(Cl)c(OC)cc(OC)c3Cl)c(=O)n(CCN3CC[C@H](NC(C)=O)C3)c2n1. The highest BCUT2D eigenvalue weighted by Crippen LogP contribution is 2.45. The number of hydrogen-bond acceptors (Lipinski definition) is 8. The molecule has 3 aromatic rings. The summed E-state index contributed by atoms with van der Waals surface area (Å²) in [7, 11) is 2.97. The van der Waals surface area contributed by atoms with Crippen LogP contribution < -0.4 is 25.7 Å². The van der Waals surface area contributed by atoms with Gasteiger partial charge in [0.25, 0.3) is 5.56 Å². The summed E-state index contributed by atoms with van der Waals surface area (Å²) in [6, 6.07) is 3.37. The third-order valence-electron chi connectivity index (χ3n) is 6.32. The molecule has 37 heavy (non-hydrogen) atoms. The summed E-state index contributed by atoms with van der Waals surface area (Å²) in [5, 5.41) is 7.14. The fourth-order valence-corrected chi connectivity index (χ4v) is 5.30. The molecule has 2 aromatic heterocycles. The molecule has 1 atom stereocenters. The van der Waals surface area contributed by atoms with E-state index in [0.29, 0.717) is 60.2 Å². The molecule has 4 rings (SSSR count). The van der Waals surface area contributed by atoms with Crippen molar-refractivity contribution in [3.05, 3.63) is 38.7 Å². The quantitative estimate of drug-likeness (QED) is 0.418. The van der Waals surface area contributed by atoms with Crippen molar-refractivity contribution in [1.82, 2.24) is 24.8 Å². The Bertz CT molecular complexity index is 1350. The first kappa shape index (κ1) is 27.0. The van der Waals surface area contributed by atoms with E-state index in [-0.39, 0.29) is 33.1 Å². The Morgan fingerprint density at radius 3 is 2.49 bits per heavy atom. The van der Waals surface area contributed by atoms with Crippen LogP contribution in [0.3, 0.4) is 0 Å². The maximum absolute atomic E-state index is 14.0. The molecular formula is C25H30Cl2N6O4. The largest absolute Gasteiger partial charge is 0.495 e. The number of carbonyl (C=O) groups is 1. The van der Waals surface area contributed by atoms with Gasteiger partial charge in [-0.3, -0.25) is 19.1 Å². The van der Waals surface area contributed by atoms with Crippen LogP contribution in [0.4, 0.5) is 5.95 Å². The molecule has 0 aliphatic carbocycles. The zero-order valence-corrected chi connectivity index (χ0v) is 22.7. The number of likely N-dealkylation sites (tertiary alicyclic amines) is 1. The van der Waals surface area contributed by atoms with Crippen LogP contribution in [0.15, 0.2) is 23.1 Å². The van der Waals surface area contributed by atoms with Crippen LogP contribution in [-0.2, 0) is 11.3 Å². The number of aromatic nitrogens is 3. The molecule has 12 heteroatoms. The Morgan fingerprint density at radius 2 is 1.86 bits per heavy atom. The van der Waals surface area contributed by atoms with Gasteiger partial charge in [0, 0.05) is 68.9 Å². The molecule has 1 amide bonds. The van der Waals surface area contributed by atoms with Gasteiger partial charge in [-0.05, 0) is 19.4 Å². The molecule has 2 N–H and O–H groups in total. The van der Waals surface area contributed by atoms with Crippen molar-refractivity contribution in [1.29, 1.82) is 0 Å². The second kappa shape index (κ2) is 11.5. The normalized spacial score (nSPS) is 15.7. The lowest BCUT2D eigenvalue weighted by Gasteiger charge is -2.20. The number of pyridine rings is 1. The van der Waals surface area contributed by atoms with Crippen LogP contribution in [0, 0.1) is 0 Å². The maximum Gasteiger partial charge on any atom is 0.260 e. The summed E-state index contributed by atoms with van der Waals surface area (Å²) in [5.41, 5.74) is 0.810. The number of benzene rings is 1. The monoisotopic (exact) mass is 548 g/mol. The number of amides is 1. The van der Waals surface area contributed by atoms with Gasteiger partial charge in [0.15, 0.2) is 0 Å². The van der Waals surface area contributed by atoms with E-state index in [0.717, 1.165) is 13.0 Å². The highest BCUT2D eigenvalue weighted by atomic mass is 35.5. The first-order valence-electron chi connectivity index (χ1n) is 12.0. The van der Waals surface area contributed by atoms with Crippen molar-refractivity contribution < 1.29 is 14.3 Å². The van der Waals surface area contributed by atoms with E-state index in [1.54, 1.807) is 22.9 Å². The number of ether oxygens (including phenoxy) is 2. The molecule has 198 valence electrons. The van der Waals surface area contributed by atoms with Crippen LogP contribution >= 0.6 is 23.2 Å². The topological polar surface area (TPSA) is 111 Å². The first-order valence-corrected chi connectivity index (χ1v) is 12.8. The standard InChI is InChI=1S/C25H30Cl2N6O4/c1-5-28-25-29-12-15-10-17(20-21(26)18(36-3)11-19(37-4)22(20)27)24(35)33(23(15)31-25)9-8-32-7-6-16(13-32)30-14(2)34/h10-12,16H,5-9,13H2,1-4H3,(H,30,34)(H,28,29,31)/t16-/m0/s1. The molecule has 0 spiro atoms. The Labute approximate surface area is 224 Å². The molecule has 0 unspecified atom stereocenters. The average molecular weight is 549 g/mol. The minimum absolute atomic E-state index is 0.0445. The van der Waals surface area contributed by atoms with Crippen LogP contribution in [0.25, 0.3) is 22.2 Å². The summed E-state index contributed by atoms with van der Waals surface area (Å²) < 4.78 is 12.4. The number of carbonyl (C=O) groups excluding carboxylic acids is 1. The number of hydrogen-bond donors (Lipinski definition) is 2. The molecule has 0 bridgehead atoms. The molecular weight excluding hydrogens is 519 g/mol. The highest BCUT2D eigenvalue weighted by Gasteiger charge is 2.25. The summed E-state index contributed by atoms with van der Waals surface area (Å²) in [6.07, 6.45) is 2.53. The summed E-state index contributed by atoms with van der Waals surface area (Å²) >= 11 is 13.3. The predicted octanol–water partition coefficient (Wildman–Crippen LogP) is 3.42. The van der Waals surface area contributed by atoms with E-state index in [1.807, 2.05) is 6.92 Å². The third-order valence-corrected chi connectivity index (χ3v) is 7.07. The van der Waals surface area contributed by atoms with Crippen LogP contribution in [0.2, 0.25) is 10.0 Å². The van der Waals surface area contributed by atoms with Crippen molar-refractivity contribution in [2.45, 2.75) is 32.9 Å². The van der Waals surface area contributed by atoms with Gasteiger partial charge in [-0.1, -0.05) is 23.2 Å². The van der Waals surface area contributed by atoms with Gasteiger partial charge < -0.3 is 20.1 Å². The Hall–Kier alpha value is -3.08. The van der Waals surface area contributed by atoms with Crippen LogP contribution in [0.1, 0.15) is 20.3 Å². The number of nitrogens with one attached hydrogen (secondary N) is 2. The van der Waals surface area contributed by atoms with Gasteiger partial charge in [0.05, 0.1) is 29.8 Å². The fourth-order valence-electron chi connectivity index (χ4n) is 4.59. The van der Waals surface area contributed by atoms with Gasteiger partial charge in [-0.15, -0.1) is 0 Å². The zero-order chi connectivity index (χ0) is 26.7. The number of anilines is 1. The Balaban J connectivity index is 1.82. The average Bonchev–Trinajstić information content (AvgIpc) is 3.31. The first-order chi connectivity index (χ1) is 17.8. The van der Waals surface area contributed by atoms with E-state index in [2.05, 4.69) is 25.5 Å². The minimum atomic E-state index is -0.301. The maximum atomic E-state index is 14.0. The molecule has 0 radical (unpaired) electrons. The van der Waals surface area contributed by atoms with Crippen molar-refractivity contribution in [3.8, 4) is 22.6 Å². The van der Waals surface area contributed by atoms with Gasteiger partial charge >= 0.3 is 0 Å². The number of rotatable bonds is 9. The Morgan fingerprint density at radius 1 is 1.16 bits per heavy atom. The molecule has 0 saturated carbocycles. The second-order valence-electron chi connectivity index (χ2n) is 8.79. The Kier molecular flexibility index (Phi) is 8.41. The summed E-state index contributed by atoms with van der Waals surface area (Å²) in [6.45, 7) is 6.61. The minimum Gasteiger partial charge on any atom is -0.495 e. The van der Waals surface area contributed by atoms with Gasteiger partial charge in [0.2, 0.25) is 11.9 Å². The van der Waals surface area contributed by atoms with Crippen molar-refractivity contribution in [3.63, 3.8) is 0 Å². The molecule has 1 fully saturated rings. The van der Waals surface area contributed by atoms with Gasteiger partial charge in [-0.25, -0.2) is 4.98 Å². The van der Waals surface area contributed by atoms with Crippen molar-refractivity contribution in [2.75, 3.05) is 45.7 Å². The lowest BCUT2D eigenvalue weighted by molar-refractivity contribution is -0.119. The van der Waals surface area contributed by atoms with E-state index < -0.39 is 0 Å². The lowest BCUT2D eigenvalue weighted by atomic mass is 10.0. The van der Waals surface area contributed by atoms with Crippen molar-refractivity contribution in [2.24, 2.45) is 0 Å². The molecule has 1 aromatic carbocycles. The zero-order valence-electron chi connectivity index (χ0n) is 21.2. The molecule has 1 aliphatic heterocycles. The molecule has 3 heterocycles. The molecule has 1 aliphatic rings. The number of halogens is 2. The highest BCUT2D eigenvalue weighted by molar-refractivity contribution is 6.41. The van der Waals surface area contributed by atoms with Crippen LogP contribution in [-0.4, -0.2) is 71.8 Å². The summed E-state index contributed by atoms with van der Waals surface area (Å²) in [4.78, 5) is 36.6. The van der Waals surface area contributed by atoms with Crippen molar-refractivity contribution >= 4 is 46.1 Å². The van der Waals surface area contributed by atoms with Gasteiger partial charge in [-0.2, -0.15) is 4.98 Å². The number of fused-ring (bicyclic) bond motifs is 1. The van der Waals surface area contributed by atoms with E-state index >= 15 is 0 Å². The predicted molar refractivity (Wildman–Crippen MR) is 145 cm³/mol. The second-order valence-corrected chi connectivity index (χ2v) is 9.54. The van der Waals surface area contributed by atoms with E-state index in [4.69, 9.17) is 32.7 Å². The number of nitrogens with zero attached hydrogens (tertiary/aromatic N) is 4. The van der Waals surface area contributed by atoms with E-state index in [9.17, 15) is 9.59 Å². The third kappa shape index (κ3) is 5.61.